The largest absolute Gasteiger partial charge is 0.383 e. The summed E-state index contributed by atoms with van der Waals surface area (Å²) in [6, 6.07) is 11.1. The Bertz CT molecular complexity index is 505. The lowest BCUT2D eigenvalue weighted by atomic mass is 9.94. The molecule has 4 heteroatoms. The van der Waals surface area contributed by atoms with Crippen LogP contribution >= 0.6 is 0 Å². The Morgan fingerprint density at radius 2 is 1.96 bits per heavy atom. The summed E-state index contributed by atoms with van der Waals surface area (Å²) in [5.41, 5.74) is 1.41. The molecule has 0 unspecified atom stereocenters. The molecule has 23 heavy (non-hydrogen) atoms. The van der Waals surface area contributed by atoms with Crippen LogP contribution in [-0.4, -0.2) is 61.6 Å². The van der Waals surface area contributed by atoms with Crippen molar-refractivity contribution in [3.8, 4) is 0 Å². The molecule has 1 aromatic carbocycles. The van der Waals surface area contributed by atoms with Gasteiger partial charge >= 0.3 is 0 Å². The number of nitrogens with zero attached hydrogens (tertiary/aromatic N) is 2. The molecule has 3 aliphatic heterocycles. The van der Waals surface area contributed by atoms with Crippen molar-refractivity contribution in [3.05, 3.63) is 35.9 Å². The summed E-state index contributed by atoms with van der Waals surface area (Å²) in [6.07, 6.45) is 4.49. The number of benzene rings is 1. The van der Waals surface area contributed by atoms with Crippen LogP contribution in [-0.2, 0) is 16.0 Å². The van der Waals surface area contributed by atoms with Crippen LogP contribution < -0.4 is 0 Å². The van der Waals surface area contributed by atoms with E-state index < -0.39 is 0 Å². The van der Waals surface area contributed by atoms with Crippen molar-refractivity contribution in [1.82, 2.24) is 9.80 Å². The van der Waals surface area contributed by atoms with Crippen molar-refractivity contribution < 1.29 is 9.53 Å². The van der Waals surface area contributed by atoms with E-state index in [4.69, 9.17) is 4.74 Å². The number of hydrogen-bond acceptors (Lipinski definition) is 3. The third-order valence-corrected chi connectivity index (χ3v) is 5.19. The van der Waals surface area contributed by atoms with Gasteiger partial charge in [-0.25, -0.2) is 0 Å². The fourth-order valence-corrected chi connectivity index (χ4v) is 3.95. The number of aryl methyl sites for hydroxylation is 1. The first-order valence-corrected chi connectivity index (χ1v) is 8.83. The van der Waals surface area contributed by atoms with E-state index >= 15 is 0 Å². The molecule has 1 aromatic rings. The second kappa shape index (κ2) is 7.93. The number of methoxy groups -OCH3 is 1. The van der Waals surface area contributed by atoms with Crippen LogP contribution in [0.3, 0.4) is 0 Å². The van der Waals surface area contributed by atoms with Crippen LogP contribution in [0.5, 0.6) is 0 Å². The van der Waals surface area contributed by atoms with E-state index in [0.29, 0.717) is 18.6 Å². The Kier molecular flexibility index (Phi) is 5.68. The second-order valence-corrected chi connectivity index (χ2v) is 6.80. The van der Waals surface area contributed by atoms with Gasteiger partial charge in [-0.3, -0.25) is 4.79 Å². The number of ether oxygens (including phenoxy) is 1. The van der Waals surface area contributed by atoms with Gasteiger partial charge in [0.05, 0.1) is 12.5 Å². The summed E-state index contributed by atoms with van der Waals surface area (Å²) in [4.78, 5) is 17.2. The Hall–Kier alpha value is -1.39. The monoisotopic (exact) mass is 316 g/mol. The van der Waals surface area contributed by atoms with E-state index in [1.54, 1.807) is 7.11 Å². The van der Waals surface area contributed by atoms with E-state index in [0.717, 1.165) is 51.9 Å². The van der Waals surface area contributed by atoms with Gasteiger partial charge in [0.2, 0.25) is 5.91 Å². The number of hydrogen-bond donors (Lipinski definition) is 0. The first-order valence-electron chi connectivity index (χ1n) is 8.83. The minimum absolute atomic E-state index is 0.197. The van der Waals surface area contributed by atoms with Gasteiger partial charge < -0.3 is 14.5 Å². The van der Waals surface area contributed by atoms with Gasteiger partial charge in [0, 0.05) is 32.8 Å². The maximum atomic E-state index is 12.6. The minimum Gasteiger partial charge on any atom is -0.383 e. The Morgan fingerprint density at radius 1 is 1.13 bits per heavy atom. The highest BCUT2D eigenvalue weighted by Gasteiger charge is 2.39. The van der Waals surface area contributed by atoms with E-state index in [2.05, 4.69) is 40.1 Å². The summed E-state index contributed by atoms with van der Waals surface area (Å²) in [7, 11) is 1.70. The van der Waals surface area contributed by atoms with Crippen molar-refractivity contribution >= 4 is 5.91 Å². The molecule has 1 amide bonds. The molecular weight excluding hydrogens is 288 g/mol. The van der Waals surface area contributed by atoms with E-state index in [-0.39, 0.29) is 5.92 Å². The first-order chi connectivity index (χ1) is 11.3. The molecule has 4 rings (SSSR count). The summed E-state index contributed by atoms with van der Waals surface area (Å²) >= 11 is 0. The molecule has 0 spiro atoms. The number of rotatable bonds is 7. The highest BCUT2D eigenvalue weighted by atomic mass is 16.5. The molecule has 2 atom stereocenters. The van der Waals surface area contributed by atoms with E-state index in [9.17, 15) is 4.79 Å². The second-order valence-electron chi connectivity index (χ2n) is 6.80. The quantitative estimate of drug-likeness (QED) is 0.773. The maximum Gasteiger partial charge on any atom is 0.227 e. The number of piperidine rings is 1. The number of fused-ring (bicyclic) bond motifs is 4. The summed E-state index contributed by atoms with van der Waals surface area (Å²) in [6.45, 7) is 4.44. The molecule has 0 N–H and O–H groups in total. The Morgan fingerprint density at radius 3 is 2.74 bits per heavy atom. The third-order valence-electron chi connectivity index (χ3n) is 5.19. The lowest BCUT2D eigenvalue weighted by Gasteiger charge is -2.35. The van der Waals surface area contributed by atoms with Crippen LogP contribution in [0.4, 0.5) is 0 Å². The molecule has 3 aliphatic rings. The molecule has 2 bridgehead atoms. The molecule has 0 saturated carbocycles. The van der Waals surface area contributed by atoms with E-state index in [1.807, 2.05) is 0 Å². The first kappa shape index (κ1) is 16.5. The maximum absolute atomic E-state index is 12.6. The van der Waals surface area contributed by atoms with Gasteiger partial charge in [0.15, 0.2) is 0 Å². The van der Waals surface area contributed by atoms with Crippen molar-refractivity contribution in [1.29, 1.82) is 0 Å². The average Bonchev–Trinajstić information content (AvgIpc) is 2.85. The molecule has 0 aromatic heterocycles. The lowest BCUT2D eigenvalue weighted by Crippen LogP contribution is -2.49. The summed E-state index contributed by atoms with van der Waals surface area (Å²) in [5.74, 6) is 0.547. The fourth-order valence-electron chi connectivity index (χ4n) is 3.95. The zero-order chi connectivity index (χ0) is 16.1. The predicted molar refractivity (Wildman–Crippen MR) is 91.3 cm³/mol. The van der Waals surface area contributed by atoms with Crippen LogP contribution in [0.1, 0.15) is 24.8 Å². The highest BCUT2D eigenvalue weighted by molar-refractivity contribution is 5.80. The topological polar surface area (TPSA) is 32.8 Å². The van der Waals surface area contributed by atoms with Gasteiger partial charge in [-0.15, -0.1) is 0 Å². The SMILES string of the molecule is COCCN1C(=O)[C@H]2CC[C@@H]1CN(CCCc1ccccc1)C2. The minimum atomic E-state index is 0.197. The van der Waals surface area contributed by atoms with Crippen LogP contribution in [0.15, 0.2) is 30.3 Å². The van der Waals surface area contributed by atoms with Crippen molar-refractivity contribution in [2.75, 3.05) is 39.9 Å². The Balaban J connectivity index is 1.53. The molecule has 3 saturated heterocycles. The van der Waals surface area contributed by atoms with Crippen molar-refractivity contribution in [2.24, 2.45) is 5.92 Å². The highest BCUT2D eigenvalue weighted by Crippen LogP contribution is 2.29. The van der Waals surface area contributed by atoms with Gasteiger partial charge in [-0.1, -0.05) is 30.3 Å². The smallest absolute Gasteiger partial charge is 0.227 e. The third kappa shape index (κ3) is 4.12. The van der Waals surface area contributed by atoms with Gasteiger partial charge in [0.25, 0.3) is 0 Å². The normalized spacial score (nSPS) is 24.9. The number of amides is 1. The zero-order valence-corrected chi connectivity index (χ0v) is 14.1. The van der Waals surface area contributed by atoms with Crippen LogP contribution in [0.2, 0.25) is 0 Å². The number of carbonyl (C=O) groups is 1. The van der Waals surface area contributed by atoms with Crippen molar-refractivity contribution in [2.45, 2.75) is 31.7 Å². The average molecular weight is 316 g/mol. The summed E-state index contributed by atoms with van der Waals surface area (Å²) in [5, 5.41) is 0. The lowest BCUT2D eigenvalue weighted by molar-refractivity contribution is -0.140. The standard InChI is InChI=1S/C19H28N2O2/c1-23-13-12-21-18-10-9-17(19(21)22)14-20(15-18)11-5-8-16-6-3-2-4-7-16/h2-4,6-7,17-18H,5,8-15H2,1H3/t17-,18+/m0/s1. The fraction of sp³-hybridized carbons (Fsp3) is 0.632. The van der Waals surface area contributed by atoms with Crippen LogP contribution in [0.25, 0.3) is 0 Å². The number of carbonyl (C=O) groups excluding carboxylic acids is 1. The van der Waals surface area contributed by atoms with E-state index in [1.165, 1.54) is 5.56 Å². The molecule has 0 aliphatic carbocycles. The molecule has 3 fully saturated rings. The van der Waals surface area contributed by atoms with Gasteiger partial charge in [0.1, 0.15) is 0 Å². The van der Waals surface area contributed by atoms with Crippen LogP contribution in [0, 0.1) is 5.92 Å². The molecular formula is C19H28N2O2. The Labute approximate surface area is 139 Å². The molecule has 126 valence electrons. The zero-order valence-electron chi connectivity index (χ0n) is 14.1. The van der Waals surface area contributed by atoms with Crippen molar-refractivity contribution in [3.63, 3.8) is 0 Å². The molecule has 0 radical (unpaired) electrons. The molecule has 4 nitrogen and oxygen atoms in total. The predicted octanol–water partition coefficient (Wildman–Crippen LogP) is 2.19. The van der Waals surface area contributed by atoms with Gasteiger partial charge in [-0.2, -0.15) is 0 Å². The summed E-state index contributed by atoms with van der Waals surface area (Å²) < 4.78 is 5.17. The van der Waals surface area contributed by atoms with Gasteiger partial charge in [-0.05, 0) is 37.8 Å². The molecule has 3 heterocycles.